The van der Waals surface area contributed by atoms with Crippen LogP contribution in [0.15, 0.2) is 63.9 Å². The topological polar surface area (TPSA) is 52.0 Å². The molecule has 0 spiro atoms. The monoisotopic (exact) mass is 460 g/mol. The van der Waals surface area contributed by atoms with Crippen LogP contribution in [0.5, 0.6) is 0 Å². The molecule has 4 nitrogen and oxygen atoms in total. The molecule has 4 rings (SSSR count). The van der Waals surface area contributed by atoms with Crippen LogP contribution in [-0.4, -0.2) is 15.3 Å². The van der Waals surface area contributed by atoms with Crippen LogP contribution in [0.2, 0.25) is 10.0 Å². The molecule has 0 bridgehead atoms. The van der Waals surface area contributed by atoms with Crippen molar-refractivity contribution in [2.24, 2.45) is 7.05 Å². The second kappa shape index (κ2) is 8.32. The number of carbonyl (C=O) groups excluding carboxylic acids is 1. The Labute approximate surface area is 185 Å². The van der Waals surface area contributed by atoms with Crippen LogP contribution in [-0.2, 0) is 12.8 Å². The summed E-state index contributed by atoms with van der Waals surface area (Å²) in [6.45, 7) is 0. The number of hydrogen-bond donors (Lipinski definition) is 0. The standard InChI is InChI=1S/C21H14Cl2N2O2S2/c1-25-20(27)19-17(8-9-28-19)24-21(25)29-11-12-2-4-13(5-3-12)18(26)15-7-6-14(22)10-16(15)23/h2-10H,11H2,1H3. The zero-order valence-electron chi connectivity index (χ0n) is 15.2. The first-order valence-corrected chi connectivity index (χ1v) is 11.2. The van der Waals surface area contributed by atoms with E-state index in [4.69, 9.17) is 23.2 Å². The number of benzene rings is 2. The molecule has 0 unspecified atom stereocenters. The fraction of sp³-hybridized carbons (Fsp3) is 0.0952. The zero-order chi connectivity index (χ0) is 20.5. The molecule has 29 heavy (non-hydrogen) atoms. The average Bonchev–Trinajstić information content (AvgIpc) is 3.18. The fourth-order valence-corrected chi connectivity index (χ4v) is 5.05. The third-order valence-electron chi connectivity index (χ3n) is 4.41. The summed E-state index contributed by atoms with van der Waals surface area (Å²) in [5, 5.41) is 3.35. The van der Waals surface area contributed by atoms with Gasteiger partial charge in [0, 0.05) is 29.0 Å². The predicted octanol–water partition coefficient (Wildman–Crippen LogP) is 5.83. The van der Waals surface area contributed by atoms with Gasteiger partial charge in [-0.15, -0.1) is 11.3 Å². The van der Waals surface area contributed by atoms with Gasteiger partial charge < -0.3 is 0 Å². The lowest BCUT2D eigenvalue weighted by Gasteiger charge is -2.08. The number of rotatable bonds is 5. The molecule has 0 radical (unpaired) electrons. The van der Waals surface area contributed by atoms with Gasteiger partial charge in [0.25, 0.3) is 5.56 Å². The van der Waals surface area contributed by atoms with Gasteiger partial charge in [-0.1, -0.05) is 59.2 Å². The normalized spacial score (nSPS) is 11.1. The smallest absolute Gasteiger partial charge is 0.271 e. The Bertz CT molecular complexity index is 1280. The number of fused-ring (bicyclic) bond motifs is 1. The van der Waals surface area contributed by atoms with E-state index < -0.39 is 0 Å². The largest absolute Gasteiger partial charge is 0.290 e. The van der Waals surface area contributed by atoms with Gasteiger partial charge in [-0.05, 0) is 35.2 Å². The highest BCUT2D eigenvalue weighted by Crippen LogP contribution is 2.26. The highest BCUT2D eigenvalue weighted by Gasteiger charge is 2.14. The van der Waals surface area contributed by atoms with Gasteiger partial charge in [-0.2, -0.15) is 0 Å². The third kappa shape index (κ3) is 4.12. The maximum Gasteiger partial charge on any atom is 0.271 e. The van der Waals surface area contributed by atoms with Gasteiger partial charge in [-0.25, -0.2) is 4.98 Å². The summed E-state index contributed by atoms with van der Waals surface area (Å²) in [6.07, 6.45) is 0. The van der Waals surface area contributed by atoms with Crippen LogP contribution in [0.1, 0.15) is 21.5 Å². The van der Waals surface area contributed by atoms with Crippen molar-refractivity contribution in [1.82, 2.24) is 9.55 Å². The first-order chi connectivity index (χ1) is 13.9. The molecule has 0 saturated carbocycles. The van der Waals surface area contributed by atoms with E-state index in [0.717, 1.165) is 11.1 Å². The number of ketones is 1. The Hall–Kier alpha value is -2.12. The molecule has 0 saturated heterocycles. The van der Waals surface area contributed by atoms with E-state index in [1.54, 1.807) is 41.9 Å². The van der Waals surface area contributed by atoms with Crippen molar-refractivity contribution in [3.05, 3.63) is 91.0 Å². The Morgan fingerprint density at radius 1 is 1.14 bits per heavy atom. The predicted molar refractivity (Wildman–Crippen MR) is 121 cm³/mol. The number of nitrogens with zero attached hydrogens (tertiary/aromatic N) is 2. The molecule has 8 heteroatoms. The highest BCUT2D eigenvalue weighted by molar-refractivity contribution is 7.98. The summed E-state index contributed by atoms with van der Waals surface area (Å²) in [5.74, 6) is 0.476. The molecule has 0 atom stereocenters. The fourth-order valence-electron chi connectivity index (χ4n) is 2.83. The lowest BCUT2D eigenvalue weighted by atomic mass is 10.0. The molecule has 0 aliphatic carbocycles. The van der Waals surface area contributed by atoms with Crippen LogP contribution in [0, 0.1) is 0 Å². The molecule has 2 aromatic carbocycles. The Kier molecular flexibility index (Phi) is 5.79. The number of carbonyl (C=O) groups is 1. The number of thiophene rings is 1. The Morgan fingerprint density at radius 2 is 1.90 bits per heavy atom. The molecule has 2 aromatic heterocycles. The molecule has 2 heterocycles. The molecule has 0 amide bonds. The van der Waals surface area contributed by atoms with Crippen LogP contribution < -0.4 is 5.56 Å². The summed E-state index contributed by atoms with van der Waals surface area (Å²) in [5.41, 5.74) is 2.68. The van der Waals surface area contributed by atoms with Gasteiger partial charge in [0.15, 0.2) is 10.9 Å². The minimum absolute atomic E-state index is 0.0340. The molecule has 0 fully saturated rings. The van der Waals surface area contributed by atoms with Crippen LogP contribution in [0.25, 0.3) is 10.2 Å². The minimum Gasteiger partial charge on any atom is -0.290 e. The quantitative estimate of drug-likeness (QED) is 0.213. The first-order valence-electron chi connectivity index (χ1n) is 8.60. The van der Waals surface area contributed by atoms with Crippen molar-refractivity contribution < 1.29 is 4.79 Å². The summed E-state index contributed by atoms with van der Waals surface area (Å²) < 4.78 is 2.24. The van der Waals surface area contributed by atoms with E-state index in [9.17, 15) is 9.59 Å². The second-order valence-corrected chi connectivity index (χ2v) is 9.03. The number of thioether (sulfide) groups is 1. The molecule has 0 aliphatic heterocycles. The minimum atomic E-state index is -0.155. The number of halogens is 2. The van der Waals surface area contributed by atoms with E-state index in [0.29, 0.717) is 36.8 Å². The third-order valence-corrected chi connectivity index (χ3v) is 6.95. The van der Waals surface area contributed by atoms with Gasteiger partial charge >= 0.3 is 0 Å². The summed E-state index contributed by atoms with van der Waals surface area (Å²) in [6, 6.07) is 14.0. The van der Waals surface area contributed by atoms with Gasteiger partial charge in [0.1, 0.15) is 4.70 Å². The van der Waals surface area contributed by atoms with Gasteiger partial charge in [0.05, 0.1) is 10.5 Å². The van der Waals surface area contributed by atoms with Crippen LogP contribution >= 0.6 is 46.3 Å². The lowest BCUT2D eigenvalue weighted by Crippen LogP contribution is -2.18. The van der Waals surface area contributed by atoms with Crippen molar-refractivity contribution in [2.45, 2.75) is 10.9 Å². The van der Waals surface area contributed by atoms with E-state index in [1.165, 1.54) is 23.1 Å². The van der Waals surface area contributed by atoms with E-state index in [-0.39, 0.29) is 11.3 Å². The molecule has 4 aromatic rings. The Morgan fingerprint density at radius 3 is 2.62 bits per heavy atom. The number of aromatic nitrogens is 2. The maximum atomic E-state index is 12.7. The lowest BCUT2D eigenvalue weighted by molar-refractivity contribution is 0.103. The average molecular weight is 461 g/mol. The maximum absolute atomic E-state index is 12.7. The molecule has 0 N–H and O–H groups in total. The summed E-state index contributed by atoms with van der Waals surface area (Å²) >= 11 is 14.9. The second-order valence-electron chi connectivity index (χ2n) is 6.33. The summed E-state index contributed by atoms with van der Waals surface area (Å²) in [4.78, 5) is 29.6. The Balaban J connectivity index is 1.51. The van der Waals surface area contributed by atoms with Crippen LogP contribution in [0.3, 0.4) is 0 Å². The molecular formula is C21H14Cl2N2O2S2. The van der Waals surface area contributed by atoms with Crippen molar-refractivity contribution in [3.8, 4) is 0 Å². The molecule has 146 valence electrons. The zero-order valence-corrected chi connectivity index (χ0v) is 18.3. The molecular weight excluding hydrogens is 447 g/mol. The first kappa shape index (κ1) is 20.2. The van der Waals surface area contributed by atoms with Crippen molar-refractivity contribution in [2.75, 3.05) is 0 Å². The van der Waals surface area contributed by atoms with Crippen molar-refractivity contribution in [3.63, 3.8) is 0 Å². The number of hydrogen-bond acceptors (Lipinski definition) is 5. The molecule has 0 aliphatic rings. The van der Waals surface area contributed by atoms with E-state index in [2.05, 4.69) is 4.98 Å². The van der Waals surface area contributed by atoms with Crippen molar-refractivity contribution >= 4 is 62.3 Å². The van der Waals surface area contributed by atoms with E-state index >= 15 is 0 Å². The van der Waals surface area contributed by atoms with Crippen LogP contribution in [0.4, 0.5) is 0 Å². The highest BCUT2D eigenvalue weighted by atomic mass is 35.5. The summed E-state index contributed by atoms with van der Waals surface area (Å²) in [7, 11) is 1.73. The van der Waals surface area contributed by atoms with E-state index in [1.807, 2.05) is 23.6 Å². The van der Waals surface area contributed by atoms with Crippen molar-refractivity contribution in [1.29, 1.82) is 0 Å². The van der Waals surface area contributed by atoms with Gasteiger partial charge in [-0.3, -0.25) is 14.2 Å². The SMILES string of the molecule is Cn1c(SCc2ccc(C(=O)c3ccc(Cl)cc3Cl)cc2)nc2ccsc2c1=O. The van der Waals surface area contributed by atoms with Gasteiger partial charge in [0.2, 0.25) is 0 Å².